The van der Waals surface area contributed by atoms with E-state index < -0.39 is 0 Å². The molecule has 0 atom stereocenters. The van der Waals surface area contributed by atoms with Crippen LogP contribution in [0.15, 0.2) is 66.7 Å². The SMILES string of the molecule is C=c1[nH]/c(=C2\C=CC(=O)c3ccccc32)nc1-c1ccccc1. The number of aromatic amines is 1. The molecule has 1 heterocycles. The van der Waals surface area contributed by atoms with Crippen LogP contribution in [-0.4, -0.2) is 15.8 Å². The molecule has 0 unspecified atom stereocenters. The molecule has 3 aromatic rings. The highest BCUT2D eigenvalue weighted by atomic mass is 16.1. The van der Waals surface area contributed by atoms with Gasteiger partial charge in [0, 0.05) is 16.7 Å². The number of hydrogen-bond acceptors (Lipinski definition) is 2. The normalized spacial score (nSPS) is 15.6. The summed E-state index contributed by atoms with van der Waals surface area (Å²) in [6.45, 7) is 4.06. The lowest BCUT2D eigenvalue weighted by molar-refractivity contribution is 0.104. The molecular weight excluding hydrogens is 284 g/mol. The number of aromatic nitrogens is 2. The van der Waals surface area contributed by atoms with Crippen molar-refractivity contribution in [2.45, 2.75) is 0 Å². The number of fused-ring (bicyclic) bond motifs is 1. The number of benzene rings is 2. The van der Waals surface area contributed by atoms with Crippen molar-refractivity contribution in [3.63, 3.8) is 0 Å². The molecule has 1 aromatic heterocycles. The first-order chi connectivity index (χ1) is 11.2. The molecular formula is C20H14N2O. The summed E-state index contributed by atoms with van der Waals surface area (Å²) in [4.78, 5) is 20.0. The zero-order valence-electron chi connectivity index (χ0n) is 12.4. The molecule has 2 aromatic carbocycles. The van der Waals surface area contributed by atoms with Crippen molar-refractivity contribution in [3.8, 4) is 11.3 Å². The van der Waals surface area contributed by atoms with E-state index in [0.29, 0.717) is 5.56 Å². The summed E-state index contributed by atoms with van der Waals surface area (Å²) >= 11 is 0. The van der Waals surface area contributed by atoms with Gasteiger partial charge in [0.2, 0.25) is 0 Å². The number of H-pyrrole nitrogens is 1. The Balaban J connectivity index is 1.98. The van der Waals surface area contributed by atoms with E-state index in [4.69, 9.17) is 4.98 Å². The molecule has 0 fully saturated rings. The first kappa shape index (κ1) is 13.5. The van der Waals surface area contributed by atoms with Crippen LogP contribution in [0.1, 0.15) is 15.9 Å². The van der Waals surface area contributed by atoms with Crippen LogP contribution in [0.25, 0.3) is 23.4 Å². The number of carbonyl (C=O) groups excluding carboxylic acids is 1. The molecule has 1 N–H and O–H groups in total. The number of imidazole rings is 1. The fraction of sp³-hybridized carbons (Fsp3) is 0. The van der Waals surface area contributed by atoms with Crippen LogP contribution in [0.5, 0.6) is 0 Å². The summed E-state index contributed by atoms with van der Waals surface area (Å²) in [5.41, 5.74) is 5.08. The number of allylic oxidation sites excluding steroid dienone is 2. The first-order valence-electron chi connectivity index (χ1n) is 7.40. The van der Waals surface area contributed by atoms with Crippen LogP contribution in [0.2, 0.25) is 0 Å². The van der Waals surface area contributed by atoms with Crippen LogP contribution >= 0.6 is 0 Å². The van der Waals surface area contributed by atoms with E-state index in [-0.39, 0.29) is 5.78 Å². The van der Waals surface area contributed by atoms with Gasteiger partial charge in [0.05, 0.1) is 11.0 Å². The van der Waals surface area contributed by atoms with Crippen LogP contribution in [0.4, 0.5) is 0 Å². The Bertz CT molecular complexity index is 1040. The van der Waals surface area contributed by atoms with Gasteiger partial charge in [0.1, 0.15) is 5.48 Å². The molecule has 1 aliphatic rings. The second-order valence-corrected chi connectivity index (χ2v) is 5.44. The Morgan fingerprint density at radius 3 is 2.35 bits per heavy atom. The highest BCUT2D eigenvalue weighted by molar-refractivity contribution is 6.12. The van der Waals surface area contributed by atoms with Gasteiger partial charge in [-0.1, -0.05) is 61.2 Å². The van der Waals surface area contributed by atoms with Crippen LogP contribution in [-0.2, 0) is 0 Å². The number of nitrogens with zero attached hydrogens (tertiary/aromatic N) is 1. The molecule has 0 bridgehead atoms. The maximum Gasteiger partial charge on any atom is 0.186 e. The van der Waals surface area contributed by atoms with E-state index in [1.807, 2.05) is 60.7 Å². The van der Waals surface area contributed by atoms with Gasteiger partial charge in [-0.05, 0) is 17.7 Å². The van der Waals surface area contributed by atoms with Crippen molar-refractivity contribution < 1.29 is 4.79 Å². The monoisotopic (exact) mass is 298 g/mol. The molecule has 23 heavy (non-hydrogen) atoms. The fourth-order valence-corrected chi connectivity index (χ4v) is 2.85. The largest absolute Gasteiger partial charge is 0.338 e. The highest BCUT2D eigenvalue weighted by Crippen LogP contribution is 2.23. The van der Waals surface area contributed by atoms with E-state index in [9.17, 15) is 4.79 Å². The zero-order chi connectivity index (χ0) is 15.8. The Labute approximate surface area is 133 Å². The lowest BCUT2D eigenvalue weighted by atomic mass is 9.92. The summed E-state index contributed by atoms with van der Waals surface area (Å²) in [6, 6.07) is 17.5. The third-order valence-electron chi connectivity index (χ3n) is 3.97. The Hall–Kier alpha value is -3.20. The van der Waals surface area contributed by atoms with Crippen LogP contribution in [0, 0.1) is 0 Å². The van der Waals surface area contributed by atoms with Crippen molar-refractivity contribution in [1.29, 1.82) is 0 Å². The fourth-order valence-electron chi connectivity index (χ4n) is 2.85. The molecule has 0 spiro atoms. The molecule has 0 amide bonds. The molecule has 0 aliphatic heterocycles. The van der Waals surface area contributed by atoms with Gasteiger partial charge < -0.3 is 4.98 Å². The van der Waals surface area contributed by atoms with Gasteiger partial charge in [0.15, 0.2) is 5.78 Å². The molecule has 3 heteroatoms. The summed E-state index contributed by atoms with van der Waals surface area (Å²) in [6.07, 6.45) is 3.41. The number of ketones is 1. The minimum absolute atomic E-state index is 0.0223. The lowest BCUT2D eigenvalue weighted by Crippen LogP contribution is -2.17. The minimum atomic E-state index is 0.0223. The predicted octanol–water partition coefficient (Wildman–Crippen LogP) is 2.44. The van der Waals surface area contributed by atoms with Gasteiger partial charge in [-0.2, -0.15) is 0 Å². The average Bonchev–Trinajstić information content (AvgIpc) is 2.98. The maximum atomic E-state index is 12.0. The van der Waals surface area contributed by atoms with E-state index in [0.717, 1.165) is 33.2 Å². The average molecular weight is 298 g/mol. The van der Waals surface area contributed by atoms with Crippen LogP contribution < -0.4 is 10.8 Å². The molecule has 0 radical (unpaired) electrons. The third-order valence-corrected chi connectivity index (χ3v) is 3.97. The number of hydrogen-bond donors (Lipinski definition) is 1. The second kappa shape index (κ2) is 5.21. The number of nitrogens with one attached hydrogen (secondary N) is 1. The summed E-state index contributed by atoms with van der Waals surface area (Å²) in [5, 5.41) is 0.765. The van der Waals surface area contributed by atoms with Gasteiger partial charge in [-0.3, -0.25) is 4.79 Å². The quantitative estimate of drug-likeness (QED) is 0.750. The van der Waals surface area contributed by atoms with E-state index in [1.54, 1.807) is 6.08 Å². The zero-order valence-corrected chi connectivity index (χ0v) is 12.4. The smallest absolute Gasteiger partial charge is 0.186 e. The summed E-state index contributed by atoms with van der Waals surface area (Å²) in [5.74, 6) is 0.0223. The maximum absolute atomic E-state index is 12.0. The van der Waals surface area contributed by atoms with Crippen molar-refractivity contribution in [2.24, 2.45) is 0 Å². The van der Waals surface area contributed by atoms with Gasteiger partial charge in [-0.15, -0.1) is 0 Å². The standard InChI is InChI=1S/C20H14N2O/c1-13-19(14-7-3-2-4-8-14)22-20(21-13)17-11-12-18(23)16-10-6-5-9-15(16)17/h2-12,21H,1H2/b20-17-. The van der Waals surface area contributed by atoms with Gasteiger partial charge in [-0.25, -0.2) is 4.98 Å². The molecule has 1 aliphatic carbocycles. The summed E-state index contributed by atoms with van der Waals surface area (Å²) < 4.78 is 0. The molecule has 4 rings (SSSR count). The van der Waals surface area contributed by atoms with Crippen molar-refractivity contribution in [2.75, 3.05) is 0 Å². The Morgan fingerprint density at radius 1 is 0.870 bits per heavy atom. The Kier molecular flexibility index (Phi) is 3.05. The van der Waals surface area contributed by atoms with Crippen molar-refractivity contribution in [3.05, 3.63) is 88.7 Å². The summed E-state index contributed by atoms with van der Waals surface area (Å²) in [7, 11) is 0. The second-order valence-electron chi connectivity index (χ2n) is 5.44. The molecule has 0 saturated heterocycles. The Morgan fingerprint density at radius 2 is 1.57 bits per heavy atom. The van der Waals surface area contributed by atoms with Gasteiger partial charge >= 0.3 is 0 Å². The molecule has 0 saturated carbocycles. The predicted molar refractivity (Wildman–Crippen MR) is 91.2 cm³/mol. The van der Waals surface area contributed by atoms with E-state index in [2.05, 4.69) is 11.6 Å². The lowest BCUT2D eigenvalue weighted by Gasteiger charge is -2.11. The van der Waals surface area contributed by atoms with Crippen LogP contribution in [0.3, 0.4) is 0 Å². The first-order valence-corrected chi connectivity index (χ1v) is 7.40. The minimum Gasteiger partial charge on any atom is -0.338 e. The number of carbonyl (C=O) groups is 1. The molecule has 3 nitrogen and oxygen atoms in total. The van der Waals surface area contributed by atoms with Gasteiger partial charge in [0.25, 0.3) is 0 Å². The third kappa shape index (κ3) is 2.23. The van der Waals surface area contributed by atoms with Crippen molar-refractivity contribution >= 4 is 17.9 Å². The van der Waals surface area contributed by atoms with E-state index >= 15 is 0 Å². The van der Waals surface area contributed by atoms with E-state index in [1.165, 1.54) is 0 Å². The molecule has 110 valence electrons. The highest BCUT2D eigenvalue weighted by Gasteiger charge is 2.17. The van der Waals surface area contributed by atoms with Crippen molar-refractivity contribution in [1.82, 2.24) is 9.97 Å². The number of rotatable bonds is 1. The topological polar surface area (TPSA) is 45.8 Å².